The number of Topliss-reactive ketones (excluding diaryl/α,β-unsaturated/α-hetero) is 1. The first kappa shape index (κ1) is 36.0. The number of hydrogen-bond acceptors (Lipinski definition) is 6. The molecule has 5 N–H and O–H groups in total. The zero-order valence-corrected chi connectivity index (χ0v) is 23.0. The fourth-order valence-electron chi connectivity index (χ4n) is 4.30. The van der Waals surface area contributed by atoms with Crippen molar-refractivity contribution in [2.45, 2.75) is 122 Å². The van der Waals surface area contributed by atoms with Crippen LogP contribution in [-0.2, 0) is 28.8 Å². The van der Waals surface area contributed by atoms with Crippen LogP contribution in [-0.4, -0.2) is 62.5 Å². The Bertz CT molecular complexity index is 767. The molecule has 0 saturated heterocycles. The molecule has 0 aliphatic heterocycles. The van der Waals surface area contributed by atoms with Gasteiger partial charge in [0.15, 0.2) is 0 Å². The third-order valence-corrected chi connectivity index (χ3v) is 6.74. The van der Waals surface area contributed by atoms with Crippen LogP contribution in [0, 0.1) is 11.8 Å². The van der Waals surface area contributed by atoms with Crippen LogP contribution in [0.3, 0.4) is 0 Å². The Morgan fingerprint density at radius 2 is 0.897 bits per heavy atom. The lowest BCUT2D eigenvalue weighted by Crippen LogP contribution is -2.33. The third kappa shape index (κ3) is 22.7. The largest absolute Gasteiger partial charge is 0.481 e. The predicted octanol–water partition coefficient (Wildman–Crippen LogP) is 4.65. The van der Waals surface area contributed by atoms with Crippen molar-refractivity contribution in [3.8, 4) is 0 Å². The summed E-state index contributed by atoms with van der Waals surface area (Å²) in [4.78, 5) is 68.1. The van der Waals surface area contributed by atoms with E-state index in [1.54, 1.807) is 0 Å². The van der Waals surface area contributed by atoms with E-state index in [0.717, 1.165) is 51.4 Å². The highest BCUT2D eigenvalue weighted by atomic mass is 16.4. The first-order valence-corrected chi connectivity index (χ1v) is 14.2. The third-order valence-electron chi connectivity index (χ3n) is 6.74. The molecule has 11 heteroatoms. The normalized spacial score (nSPS) is 12.4. The van der Waals surface area contributed by atoms with E-state index in [1.807, 2.05) is 0 Å². The maximum absolute atomic E-state index is 12.2. The van der Waals surface area contributed by atoms with Crippen LogP contribution < -0.4 is 5.32 Å². The second-order valence-electron chi connectivity index (χ2n) is 10.2. The summed E-state index contributed by atoms with van der Waals surface area (Å²) in [6, 6.07) is 0. The molecule has 0 radical (unpaired) electrons. The number of nitrogens with one attached hydrogen (secondary N) is 1. The molecule has 0 aliphatic rings. The highest BCUT2D eigenvalue weighted by Gasteiger charge is 2.23. The summed E-state index contributed by atoms with van der Waals surface area (Å²) >= 11 is 0. The molecule has 2 unspecified atom stereocenters. The van der Waals surface area contributed by atoms with E-state index in [1.165, 1.54) is 19.3 Å². The van der Waals surface area contributed by atoms with Crippen LogP contribution in [0.25, 0.3) is 0 Å². The van der Waals surface area contributed by atoms with Crippen molar-refractivity contribution in [3.63, 3.8) is 0 Å². The van der Waals surface area contributed by atoms with E-state index in [2.05, 4.69) is 5.32 Å². The van der Waals surface area contributed by atoms with E-state index < -0.39 is 41.6 Å². The van der Waals surface area contributed by atoms with Gasteiger partial charge in [-0.05, 0) is 25.7 Å². The molecule has 224 valence electrons. The molecule has 2 atom stereocenters. The summed E-state index contributed by atoms with van der Waals surface area (Å²) in [5.74, 6) is -6.95. The lowest BCUT2D eigenvalue weighted by atomic mass is 9.94. The number of unbranched alkanes of at least 4 members (excludes halogenated alkanes) is 11. The van der Waals surface area contributed by atoms with Crippen LogP contribution in [0.1, 0.15) is 122 Å². The van der Waals surface area contributed by atoms with Gasteiger partial charge in [0, 0.05) is 38.6 Å². The van der Waals surface area contributed by atoms with Gasteiger partial charge in [-0.15, -0.1) is 0 Å². The molecule has 0 fully saturated rings. The predicted molar refractivity (Wildman–Crippen MR) is 143 cm³/mol. The van der Waals surface area contributed by atoms with Crippen LogP contribution in [0.5, 0.6) is 0 Å². The summed E-state index contributed by atoms with van der Waals surface area (Å²) < 4.78 is 0. The zero-order chi connectivity index (χ0) is 29.5. The molecule has 11 nitrogen and oxygen atoms in total. The van der Waals surface area contributed by atoms with Gasteiger partial charge >= 0.3 is 23.9 Å². The Morgan fingerprint density at radius 3 is 1.33 bits per heavy atom. The highest BCUT2D eigenvalue weighted by Crippen LogP contribution is 2.17. The first-order valence-electron chi connectivity index (χ1n) is 14.2. The maximum Gasteiger partial charge on any atom is 0.308 e. The number of aliphatic carboxylic acids is 4. The van der Waals surface area contributed by atoms with Crippen molar-refractivity contribution in [2.24, 2.45) is 11.8 Å². The molecule has 0 saturated carbocycles. The van der Waals surface area contributed by atoms with Gasteiger partial charge in [-0.2, -0.15) is 0 Å². The fraction of sp³-hybridized carbons (Fsp3) is 0.786. The molecule has 0 heterocycles. The summed E-state index contributed by atoms with van der Waals surface area (Å²) in [5, 5.41) is 38.2. The van der Waals surface area contributed by atoms with E-state index in [9.17, 15) is 33.9 Å². The van der Waals surface area contributed by atoms with Gasteiger partial charge in [-0.3, -0.25) is 28.8 Å². The summed E-state index contributed by atoms with van der Waals surface area (Å²) in [6.07, 6.45) is 12.1. The van der Waals surface area contributed by atoms with Gasteiger partial charge in [0.1, 0.15) is 5.78 Å². The SMILES string of the molecule is O=C(O)CCCCCCCCCCCCCCC(=O)CC(CCC(=O)NCC(CCC(=O)O)C(=O)O)C(=O)O. The van der Waals surface area contributed by atoms with Crippen molar-refractivity contribution in [3.05, 3.63) is 0 Å². The molecule has 0 aromatic heterocycles. The summed E-state index contributed by atoms with van der Waals surface area (Å²) in [6.45, 7) is -0.242. The topological polar surface area (TPSA) is 195 Å². The molecule has 1 amide bonds. The molecular weight excluding hydrogens is 510 g/mol. The van der Waals surface area contributed by atoms with E-state index in [0.29, 0.717) is 12.8 Å². The first-order chi connectivity index (χ1) is 18.5. The number of carbonyl (C=O) groups excluding carboxylic acids is 2. The number of carboxylic acid groups (broad SMARTS) is 4. The quantitative estimate of drug-likeness (QED) is 0.0886. The number of hydrogen-bond donors (Lipinski definition) is 5. The van der Waals surface area contributed by atoms with Crippen molar-refractivity contribution in [1.29, 1.82) is 0 Å². The molecule has 0 aliphatic carbocycles. The molecule has 0 rings (SSSR count). The maximum atomic E-state index is 12.2. The Labute approximate surface area is 230 Å². The number of rotatable bonds is 27. The average Bonchev–Trinajstić information content (AvgIpc) is 2.85. The Hall–Kier alpha value is -2.98. The van der Waals surface area contributed by atoms with Crippen LogP contribution >= 0.6 is 0 Å². The number of ketones is 1. The molecule has 0 bridgehead atoms. The molecule has 0 spiro atoms. The molecule has 0 aromatic rings. The van der Waals surface area contributed by atoms with Crippen molar-refractivity contribution < 1.29 is 49.2 Å². The minimum absolute atomic E-state index is 0.0396. The Balaban J connectivity index is 3.93. The monoisotopic (exact) mass is 557 g/mol. The standard InChI is InChI=1S/C28H47NO10/c30-23(13-11-9-7-5-3-1-2-4-6-8-10-12-14-25(32)33)19-21(27(36)37)15-17-24(31)29-20-22(28(38)39)16-18-26(34)35/h21-22H,1-20H2,(H,29,31)(H,32,33)(H,34,35)(H,36,37)(H,38,39). The van der Waals surface area contributed by atoms with Gasteiger partial charge in [-0.25, -0.2) is 0 Å². The zero-order valence-electron chi connectivity index (χ0n) is 23.0. The van der Waals surface area contributed by atoms with Crippen molar-refractivity contribution >= 4 is 35.6 Å². The van der Waals surface area contributed by atoms with Gasteiger partial charge < -0.3 is 25.7 Å². The minimum Gasteiger partial charge on any atom is -0.481 e. The number of amides is 1. The Morgan fingerprint density at radius 1 is 0.487 bits per heavy atom. The van der Waals surface area contributed by atoms with Gasteiger partial charge in [0.05, 0.1) is 11.8 Å². The number of carbonyl (C=O) groups is 6. The fourth-order valence-corrected chi connectivity index (χ4v) is 4.30. The van der Waals surface area contributed by atoms with Crippen molar-refractivity contribution in [2.75, 3.05) is 6.54 Å². The minimum atomic E-state index is -1.22. The lowest BCUT2D eigenvalue weighted by Gasteiger charge is -2.14. The van der Waals surface area contributed by atoms with Gasteiger partial charge in [0.2, 0.25) is 5.91 Å². The second kappa shape index (κ2) is 23.0. The van der Waals surface area contributed by atoms with E-state index in [-0.39, 0.29) is 50.9 Å². The lowest BCUT2D eigenvalue weighted by molar-refractivity contribution is -0.144. The molecule has 39 heavy (non-hydrogen) atoms. The van der Waals surface area contributed by atoms with Gasteiger partial charge in [-0.1, -0.05) is 64.2 Å². The van der Waals surface area contributed by atoms with Crippen molar-refractivity contribution in [1.82, 2.24) is 5.32 Å². The molecule has 0 aromatic carbocycles. The Kier molecular flexibility index (Phi) is 21.2. The summed E-state index contributed by atoms with van der Waals surface area (Å²) in [7, 11) is 0. The van der Waals surface area contributed by atoms with Crippen LogP contribution in [0.15, 0.2) is 0 Å². The average molecular weight is 558 g/mol. The molecular formula is C28H47NO10. The second-order valence-corrected chi connectivity index (χ2v) is 10.2. The van der Waals surface area contributed by atoms with E-state index >= 15 is 0 Å². The van der Waals surface area contributed by atoms with Gasteiger partial charge in [0.25, 0.3) is 0 Å². The van der Waals surface area contributed by atoms with Crippen LogP contribution in [0.2, 0.25) is 0 Å². The smallest absolute Gasteiger partial charge is 0.308 e. The number of carboxylic acids is 4. The summed E-state index contributed by atoms with van der Waals surface area (Å²) in [5.41, 5.74) is 0. The van der Waals surface area contributed by atoms with Crippen LogP contribution in [0.4, 0.5) is 0 Å². The van der Waals surface area contributed by atoms with E-state index in [4.69, 9.17) is 15.3 Å². The highest BCUT2D eigenvalue weighted by molar-refractivity contribution is 5.84.